The third-order valence-electron chi connectivity index (χ3n) is 4.36. The Bertz CT molecular complexity index is 618. The predicted octanol–water partition coefficient (Wildman–Crippen LogP) is 3.48. The number of H-pyrrole nitrogens is 1. The van der Waals surface area contributed by atoms with Crippen LogP contribution in [-0.2, 0) is 11.3 Å². The smallest absolute Gasteiger partial charge is 0.119 e. The molecule has 0 saturated carbocycles. The molecule has 2 aromatic rings. The largest absolute Gasteiger partial charge is 0.490 e. The van der Waals surface area contributed by atoms with Crippen LogP contribution in [0.3, 0.4) is 0 Å². The van der Waals surface area contributed by atoms with Gasteiger partial charge in [-0.25, -0.2) is 0 Å². The molecule has 0 bridgehead atoms. The van der Waals surface area contributed by atoms with Gasteiger partial charge in [0.25, 0.3) is 0 Å². The molecule has 0 unspecified atom stereocenters. The number of benzene rings is 1. The molecule has 1 aromatic carbocycles. The lowest BCUT2D eigenvalue weighted by molar-refractivity contribution is 0.0256. The van der Waals surface area contributed by atoms with Gasteiger partial charge in [-0.2, -0.15) is 5.10 Å². The summed E-state index contributed by atoms with van der Waals surface area (Å²) >= 11 is 0. The maximum atomic E-state index is 6.04. The molecule has 5 nitrogen and oxygen atoms in total. The first-order valence-electron chi connectivity index (χ1n) is 8.82. The lowest BCUT2D eigenvalue weighted by Gasteiger charge is -2.23. The molecular formula is C19H27N3O2. The summed E-state index contributed by atoms with van der Waals surface area (Å²) in [5.41, 5.74) is 3.37. The Balaban J connectivity index is 1.66. The highest BCUT2D eigenvalue weighted by molar-refractivity contribution is 5.63. The fraction of sp³-hybridized carbons (Fsp3) is 0.526. The van der Waals surface area contributed by atoms with Crippen molar-refractivity contribution in [3.63, 3.8) is 0 Å². The van der Waals surface area contributed by atoms with E-state index in [1.165, 1.54) is 5.56 Å². The minimum atomic E-state index is 0.272. The summed E-state index contributed by atoms with van der Waals surface area (Å²) in [6, 6.07) is 8.26. The first kappa shape index (κ1) is 17.0. The van der Waals surface area contributed by atoms with E-state index in [0.29, 0.717) is 0 Å². The number of aromatic amines is 1. The molecule has 0 radical (unpaired) electrons. The minimum Gasteiger partial charge on any atom is -0.490 e. The SMILES string of the molecule is CCCN(C)Cc1c[nH]nc1-c1ccc(OC2CCOCC2)cc1. The van der Waals surface area contributed by atoms with Gasteiger partial charge in [-0.1, -0.05) is 6.92 Å². The molecule has 1 aliphatic heterocycles. The van der Waals surface area contributed by atoms with E-state index < -0.39 is 0 Å². The first-order chi connectivity index (χ1) is 11.8. The molecule has 1 aromatic heterocycles. The van der Waals surface area contributed by atoms with Gasteiger partial charge in [-0.3, -0.25) is 5.10 Å². The Hall–Kier alpha value is -1.85. The van der Waals surface area contributed by atoms with E-state index in [2.05, 4.69) is 41.2 Å². The number of hydrogen-bond donors (Lipinski definition) is 1. The van der Waals surface area contributed by atoms with Gasteiger partial charge in [0.1, 0.15) is 11.9 Å². The summed E-state index contributed by atoms with van der Waals surface area (Å²) in [4.78, 5) is 2.32. The van der Waals surface area contributed by atoms with Gasteiger partial charge in [0.2, 0.25) is 0 Å². The van der Waals surface area contributed by atoms with Gasteiger partial charge in [-0.15, -0.1) is 0 Å². The molecule has 0 atom stereocenters. The van der Waals surface area contributed by atoms with Crippen molar-refractivity contribution in [3.8, 4) is 17.0 Å². The first-order valence-corrected chi connectivity index (χ1v) is 8.82. The highest BCUT2D eigenvalue weighted by Crippen LogP contribution is 2.26. The molecule has 1 saturated heterocycles. The van der Waals surface area contributed by atoms with Crippen LogP contribution < -0.4 is 4.74 Å². The van der Waals surface area contributed by atoms with Crippen molar-refractivity contribution in [1.29, 1.82) is 0 Å². The van der Waals surface area contributed by atoms with Crippen molar-refractivity contribution in [2.75, 3.05) is 26.8 Å². The van der Waals surface area contributed by atoms with Gasteiger partial charge >= 0.3 is 0 Å². The maximum absolute atomic E-state index is 6.04. The topological polar surface area (TPSA) is 50.4 Å². The molecule has 130 valence electrons. The average molecular weight is 329 g/mol. The Morgan fingerprint density at radius 2 is 2.00 bits per heavy atom. The number of nitrogens with one attached hydrogen (secondary N) is 1. The number of rotatable bonds is 7. The zero-order chi connectivity index (χ0) is 16.8. The van der Waals surface area contributed by atoms with Gasteiger partial charge in [0.05, 0.1) is 18.9 Å². The van der Waals surface area contributed by atoms with E-state index in [4.69, 9.17) is 9.47 Å². The van der Waals surface area contributed by atoms with Crippen LogP contribution in [0.2, 0.25) is 0 Å². The fourth-order valence-electron chi connectivity index (χ4n) is 3.11. The van der Waals surface area contributed by atoms with Crippen LogP contribution in [0.5, 0.6) is 5.75 Å². The summed E-state index contributed by atoms with van der Waals surface area (Å²) in [5, 5.41) is 7.44. The Kier molecular flexibility index (Phi) is 5.88. The van der Waals surface area contributed by atoms with E-state index in [-0.39, 0.29) is 6.10 Å². The summed E-state index contributed by atoms with van der Waals surface area (Å²) < 4.78 is 11.4. The molecular weight excluding hydrogens is 302 g/mol. The van der Waals surface area contributed by atoms with Gasteiger partial charge in [0.15, 0.2) is 0 Å². The van der Waals surface area contributed by atoms with Gasteiger partial charge in [-0.05, 0) is 44.3 Å². The van der Waals surface area contributed by atoms with Crippen molar-refractivity contribution in [2.24, 2.45) is 0 Å². The molecule has 0 spiro atoms. The molecule has 1 fully saturated rings. The molecule has 0 amide bonds. The third-order valence-corrected chi connectivity index (χ3v) is 4.36. The minimum absolute atomic E-state index is 0.272. The quantitative estimate of drug-likeness (QED) is 0.845. The molecule has 2 heterocycles. The van der Waals surface area contributed by atoms with E-state index in [1.807, 2.05) is 18.3 Å². The normalized spacial score (nSPS) is 15.8. The zero-order valence-electron chi connectivity index (χ0n) is 14.6. The number of aromatic nitrogens is 2. The average Bonchev–Trinajstić information content (AvgIpc) is 3.05. The van der Waals surface area contributed by atoms with Gasteiger partial charge < -0.3 is 14.4 Å². The second kappa shape index (κ2) is 8.31. The van der Waals surface area contributed by atoms with Crippen LogP contribution >= 0.6 is 0 Å². The lowest BCUT2D eigenvalue weighted by atomic mass is 10.1. The number of ether oxygens (including phenoxy) is 2. The van der Waals surface area contributed by atoms with Crippen LogP contribution in [0.4, 0.5) is 0 Å². The molecule has 1 N–H and O–H groups in total. The van der Waals surface area contributed by atoms with E-state index in [0.717, 1.165) is 62.6 Å². The molecule has 1 aliphatic rings. The molecule has 5 heteroatoms. The summed E-state index contributed by atoms with van der Waals surface area (Å²) in [6.45, 7) is 5.78. The van der Waals surface area contributed by atoms with E-state index in [9.17, 15) is 0 Å². The molecule has 0 aliphatic carbocycles. The third kappa shape index (κ3) is 4.36. The van der Waals surface area contributed by atoms with Crippen LogP contribution in [-0.4, -0.2) is 48.0 Å². The monoisotopic (exact) mass is 329 g/mol. The Labute approximate surface area is 144 Å². The standard InChI is InChI=1S/C19H27N3O2/c1-3-10-22(2)14-16-13-20-21-19(16)15-4-6-17(7-5-15)24-18-8-11-23-12-9-18/h4-7,13,18H,3,8-12,14H2,1-2H3,(H,20,21). The van der Waals surface area contributed by atoms with Crippen molar-refractivity contribution in [3.05, 3.63) is 36.0 Å². The van der Waals surface area contributed by atoms with Crippen LogP contribution in [0.15, 0.2) is 30.5 Å². The highest BCUT2D eigenvalue weighted by atomic mass is 16.5. The van der Waals surface area contributed by atoms with Crippen molar-refractivity contribution in [2.45, 2.75) is 38.8 Å². The lowest BCUT2D eigenvalue weighted by Crippen LogP contribution is -2.25. The van der Waals surface area contributed by atoms with E-state index in [1.54, 1.807) is 0 Å². The maximum Gasteiger partial charge on any atom is 0.119 e. The molecule has 3 rings (SSSR count). The van der Waals surface area contributed by atoms with Gasteiger partial charge in [0, 0.05) is 36.7 Å². The van der Waals surface area contributed by atoms with Crippen molar-refractivity contribution >= 4 is 0 Å². The predicted molar refractivity (Wildman–Crippen MR) is 95.1 cm³/mol. The van der Waals surface area contributed by atoms with Crippen molar-refractivity contribution < 1.29 is 9.47 Å². The number of hydrogen-bond acceptors (Lipinski definition) is 4. The number of nitrogens with zero attached hydrogens (tertiary/aromatic N) is 2. The van der Waals surface area contributed by atoms with Crippen LogP contribution in [0.1, 0.15) is 31.7 Å². The Morgan fingerprint density at radius 3 is 2.71 bits per heavy atom. The van der Waals surface area contributed by atoms with Crippen LogP contribution in [0.25, 0.3) is 11.3 Å². The second-order valence-corrected chi connectivity index (χ2v) is 6.45. The second-order valence-electron chi connectivity index (χ2n) is 6.45. The fourth-order valence-corrected chi connectivity index (χ4v) is 3.11. The van der Waals surface area contributed by atoms with Crippen LogP contribution in [0, 0.1) is 0 Å². The van der Waals surface area contributed by atoms with E-state index >= 15 is 0 Å². The summed E-state index contributed by atoms with van der Waals surface area (Å²) in [6.07, 6.45) is 5.35. The van der Waals surface area contributed by atoms with Crippen molar-refractivity contribution in [1.82, 2.24) is 15.1 Å². The molecule has 24 heavy (non-hydrogen) atoms. The summed E-state index contributed by atoms with van der Waals surface area (Å²) in [7, 11) is 2.14. The summed E-state index contributed by atoms with van der Waals surface area (Å²) in [5.74, 6) is 0.922. The zero-order valence-corrected chi connectivity index (χ0v) is 14.6. The highest BCUT2D eigenvalue weighted by Gasteiger charge is 2.16. The Morgan fingerprint density at radius 1 is 1.25 bits per heavy atom.